The summed E-state index contributed by atoms with van der Waals surface area (Å²) in [7, 11) is -21.3. The Hall–Kier alpha value is -7.98. The van der Waals surface area contributed by atoms with Crippen molar-refractivity contribution in [2.75, 3.05) is 78.9 Å². The summed E-state index contributed by atoms with van der Waals surface area (Å²) in [5.41, 5.74) is 5.98. The van der Waals surface area contributed by atoms with Crippen LogP contribution in [0.25, 0.3) is 0 Å². The van der Waals surface area contributed by atoms with E-state index in [1.165, 1.54) is 8.61 Å². The Morgan fingerprint density at radius 2 is 0.387 bits per heavy atom. The SMILES string of the molecule is Cc1ccc2c(c1)OC/C=C\CN(C(C)C)S2(=O)=O.Cc1ccc2c(c1)OCC/C=C/CCCCN(C(C)C)S2(=O)=O.Cc1ccc2c(c1)OCC/C=C\CN(C(C)C)S2(=O)=O.Cc1ccc2c(c1)OCCCC/C=C/CCCCN(C(C)C)S2(=O)=O.Cc1ccc2c(c1)OCCCC/C=C/CCCCN(C(C)C)S2(=O)=O.Cc1ccc2c(c1)OCCCC/C=C\CCCCN(C(C)C)S2(=O)=O. The van der Waals surface area contributed by atoms with E-state index in [0.29, 0.717) is 128 Å². The fraction of sp³-hybridized carbons (Fsp3) is 0.551. The third kappa shape index (κ3) is 36.2. The minimum absolute atomic E-state index is 0.0742. The molecule has 0 radical (unpaired) electrons. The molecule has 6 aliphatic heterocycles. The second kappa shape index (κ2) is 57.8. The van der Waals surface area contributed by atoms with Crippen molar-refractivity contribution in [3.8, 4) is 34.5 Å². The zero-order chi connectivity index (χ0) is 101. The maximum absolute atomic E-state index is 13.2. The Morgan fingerprint density at radius 3 is 0.613 bits per heavy atom. The molecular weight excluding hydrogens is 1850 g/mol. The lowest BCUT2D eigenvalue weighted by atomic mass is 10.2. The number of allylic oxidation sites excluding steroid dienone is 7. The van der Waals surface area contributed by atoms with E-state index in [9.17, 15) is 50.5 Å². The highest BCUT2D eigenvalue weighted by molar-refractivity contribution is 7.90. The number of hydrogen-bond acceptors (Lipinski definition) is 18. The molecule has 0 spiro atoms. The summed E-state index contributed by atoms with van der Waals surface area (Å²) in [5.74, 6) is 2.79. The Balaban J connectivity index is 0.000000224. The molecule has 6 aliphatic rings. The minimum Gasteiger partial charge on any atom is -0.492 e. The van der Waals surface area contributed by atoms with Crippen LogP contribution in [-0.4, -0.2) is 191 Å². The molecule has 0 fully saturated rings. The van der Waals surface area contributed by atoms with Crippen molar-refractivity contribution in [3.63, 3.8) is 0 Å². The molecule has 0 amide bonds. The van der Waals surface area contributed by atoms with Gasteiger partial charge in [0.15, 0.2) is 0 Å². The molecule has 0 aromatic heterocycles. The molecule has 137 heavy (non-hydrogen) atoms. The number of rotatable bonds is 6. The van der Waals surface area contributed by atoms with Gasteiger partial charge in [0.1, 0.15) is 70.5 Å². The molecule has 6 aromatic carbocycles. The lowest BCUT2D eigenvalue weighted by Crippen LogP contribution is -2.38. The Labute approximate surface area is 825 Å². The van der Waals surface area contributed by atoms with Crippen molar-refractivity contribution in [3.05, 3.63) is 215 Å². The maximum Gasteiger partial charge on any atom is 0.247 e. The van der Waals surface area contributed by atoms with E-state index in [1.54, 1.807) is 77.9 Å². The number of aryl methyl sites for hydroxylation is 6. The topological polar surface area (TPSA) is 280 Å². The van der Waals surface area contributed by atoms with Gasteiger partial charge in [-0.1, -0.05) is 109 Å². The van der Waals surface area contributed by atoms with Crippen LogP contribution in [0.5, 0.6) is 34.5 Å². The van der Waals surface area contributed by atoms with Gasteiger partial charge in [0.05, 0.1) is 33.0 Å². The summed E-state index contributed by atoms with van der Waals surface area (Å²) in [5, 5.41) is 0. The molecule has 6 heterocycles. The van der Waals surface area contributed by atoms with Gasteiger partial charge in [-0.25, -0.2) is 50.5 Å². The first kappa shape index (κ1) is 116. The van der Waals surface area contributed by atoms with Gasteiger partial charge < -0.3 is 28.4 Å². The predicted molar refractivity (Wildman–Crippen MR) is 555 cm³/mol. The van der Waals surface area contributed by atoms with Crippen LogP contribution in [-0.2, 0) is 60.1 Å². The van der Waals surface area contributed by atoms with E-state index in [4.69, 9.17) is 28.4 Å². The quantitative estimate of drug-likeness (QED) is 0.140. The number of benzene rings is 6. The number of nitrogens with zero attached hydrogens (tertiary/aromatic N) is 6. The molecule has 0 saturated heterocycles. The van der Waals surface area contributed by atoms with Crippen LogP contribution in [0.4, 0.5) is 0 Å². The molecule has 762 valence electrons. The molecule has 6 aromatic rings. The third-order valence-corrected chi connectivity index (χ3v) is 36.2. The summed E-state index contributed by atoms with van der Waals surface area (Å²) in [4.78, 5) is 1.65. The lowest BCUT2D eigenvalue weighted by Gasteiger charge is -2.27. The number of sulfonamides is 6. The van der Waals surface area contributed by atoms with Crippen LogP contribution >= 0.6 is 0 Å². The van der Waals surface area contributed by atoms with E-state index in [0.717, 1.165) is 181 Å². The largest absolute Gasteiger partial charge is 0.492 e. The smallest absolute Gasteiger partial charge is 0.247 e. The maximum atomic E-state index is 13.2. The Morgan fingerprint density at radius 1 is 0.204 bits per heavy atom. The van der Waals surface area contributed by atoms with Crippen LogP contribution < -0.4 is 28.4 Å². The van der Waals surface area contributed by atoms with Crippen LogP contribution in [0.15, 0.2) is 211 Å². The highest BCUT2D eigenvalue weighted by Gasteiger charge is 2.37. The first-order valence-corrected chi connectivity index (χ1v) is 58.1. The zero-order valence-corrected chi connectivity index (χ0v) is 89.9. The van der Waals surface area contributed by atoms with Gasteiger partial charge in [-0.15, -0.1) is 0 Å². The number of fused-ring (bicyclic) bond motifs is 6. The van der Waals surface area contributed by atoms with E-state index in [1.807, 2.05) is 197 Å². The molecular formula is C107H160N6O18S6. The van der Waals surface area contributed by atoms with Gasteiger partial charge in [-0.2, -0.15) is 25.8 Å². The van der Waals surface area contributed by atoms with Crippen LogP contribution in [0.3, 0.4) is 0 Å². The van der Waals surface area contributed by atoms with Gasteiger partial charge in [-0.05, 0) is 378 Å². The second-order valence-electron chi connectivity index (χ2n) is 37.3. The third-order valence-electron chi connectivity index (χ3n) is 23.6. The molecule has 0 atom stereocenters. The molecule has 0 unspecified atom stereocenters. The van der Waals surface area contributed by atoms with Gasteiger partial charge in [0.2, 0.25) is 60.1 Å². The van der Waals surface area contributed by atoms with Crippen molar-refractivity contribution in [2.45, 2.75) is 338 Å². The molecule has 0 aliphatic carbocycles. The van der Waals surface area contributed by atoms with E-state index >= 15 is 0 Å². The standard InChI is InChI=1S/3C20H31NO3S.C18H27NO3S.C15H21NO3S.C14H19NO3S/c3*1-17(2)21-14-10-8-6-4-5-7-9-11-15-24-19-16-18(3)12-13-20(19)25(21,22)23;1-15(2)19-12-8-6-4-5-7-9-13-22-17-14-16(3)10-11-18(17)23(19,20)21;1-12(2)16-9-5-4-6-10-19-14-11-13(3)7-8-15(14)20(16,17)18;1-11(2)15-8-4-5-9-18-13-10-12(3)6-7-14(13)19(15,16)17/h3*4-5,12-13,16-17H,6-11,14-15H2,1-3H3;5,7,10-11,14-15H,4,6,8-9,12-13H2,1-3H3;4-5,7-8,11-12H,6,9-10H2,1-3H3;4-7,10-11H,8-9H2,1-3H3/b2*5-4+;5-4-;7-5+;2*5-4-. The monoisotopic (exact) mass is 2010 g/mol. The molecule has 24 nitrogen and oxygen atoms in total. The summed E-state index contributed by atoms with van der Waals surface area (Å²) in [6.07, 6.45) is 47.3. The Bertz CT molecular complexity index is 5390. The fourth-order valence-electron chi connectivity index (χ4n) is 16.1. The van der Waals surface area contributed by atoms with E-state index < -0.39 is 60.1 Å². The van der Waals surface area contributed by atoms with Crippen LogP contribution in [0.1, 0.15) is 264 Å². The van der Waals surface area contributed by atoms with Crippen molar-refractivity contribution < 1.29 is 78.9 Å². The fourth-order valence-corrected chi connectivity index (χ4v) is 26.6. The number of hydrogen-bond donors (Lipinski definition) is 0. The van der Waals surface area contributed by atoms with Gasteiger partial charge in [-0.3, -0.25) is 0 Å². The van der Waals surface area contributed by atoms with E-state index in [-0.39, 0.29) is 50.9 Å². The molecule has 30 heteroatoms. The van der Waals surface area contributed by atoms with Crippen LogP contribution in [0, 0.1) is 41.5 Å². The number of ether oxygens (including phenoxy) is 6. The predicted octanol–water partition coefficient (Wildman–Crippen LogP) is 23.0. The first-order chi connectivity index (χ1) is 65.1. The molecule has 0 saturated carbocycles. The van der Waals surface area contributed by atoms with E-state index in [2.05, 4.69) is 48.6 Å². The normalized spacial score (nSPS) is 21.4. The van der Waals surface area contributed by atoms with Gasteiger partial charge >= 0.3 is 0 Å². The Kier molecular flexibility index (Phi) is 48.9. The minimum atomic E-state index is -3.57. The zero-order valence-electron chi connectivity index (χ0n) is 85.0. The summed E-state index contributed by atoms with van der Waals surface area (Å²) < 4.78 is 201. The van der Waals surface area contributed by atoms with Crippen molar-refractivity contribution in [1.82, 2.24) is 25.8 Å². The highest BCUT2D eigenvalue weighted by Crippen LogP contribution is 2.38. The van der Waals surface area contributed by atoms with Crippen molar-refractivity contribution in [1.29, 1.82) is 0 Å². The molecule has 12 rings (SSSR count). The van der Waals surface area contributed by atoms with Crippen LogP contribution in [0.2, 0.25) is 0 Å². The average Bonchev–Trinajstić information content (AvgIpc) is 0.973. The first-order valence-electron chi connectivity index (χ1n) is 49.5. The molecule has 0 N–H and O–H groups in total. The summed E-state index contributed by atoms with van der Waals surface area (Å²) >= 11 is 0. The van der Waals surface area contributed by atoms with Gasteiger partial charge in [0, 0.05) is 75.5 Å². The van der Waals surface area contributed by atoms with Gasteiger partial charge in [0.25, 0.3) is 0 Å². The van der Waals surface area contributed by atoms with Crippen molar-refractivity contribution in [2.24, 2.45) is 0 Å². The van der Waals surface area contributed by atoms with Crippen molar-refractivity contribution >= 4 is 60.1 Å². The summed E-state index contributed by atoms with van der Waals surface area (Å²) in [6.45, 7) is 40.5. The highest BCUT2D eigenvalue weighted by atomic mass is 32.2. The molecule has 0 bridgehead atoms. The summed E-state index contributed by atoms with van der Waals surface area (Å²) in [6, 6.07) is 31.3. The lowest BCUT2D eigenvalue weighted by molar-refractivity contribution is 0.296. The second-order valence-corrected chi connectivity index (χ2v) is 48.5. The average molecular weight is 2010 g/mol.